The molecule has 0 unspecified atom stereocenters. The number of rotatable bonds is 4. The zero-order chi connectivity index (χ0) is 18.1. The molecule has 0 spiro atoms. The molecule has 1 heterocycles. The predicted molar refractivity (Wildman–Crippen MR) is 99.9 cm³/mol. The van der Waals surface area contributed by atoms with Crippen LogP contribution in [0, 0.1) is 5.92 Å². The molecule has 1 aromatic heterocycles. The van der Waals surface area contributed by atoms with Crippen LogP contribution in [0.3, 0.4) is 0 Å². The molecule has 26 heavy (non-hydrogen) atoms. The molecule has 132 valence electrons. The van der Waals surface area contributed by atoms with Crippen LogP contribution >= 0.6 is 0 Å². The number of aliphatic hydroxyl groups is 1. The maximum absolute atomic E-state index is 13.0. The summed E-state index contributed by atoms with van der Waals surface area (Å²) in [7, 11) is 0. The zero-order valence-electron chi connectivity index (χ0n) is 14.2. The van der Waals surface area contributed by atoms with Gasteiger partial charge in [0.05, 0.1) is 17.7 Å². The minimum absolute atomic E-state index is 0.169. The van der Waals surface area contributed by atoms with Gasteiger partial charge in [0, 0.05) is 17.0 Å². The van der Waals surface area contributed by atoms with Gasteiger partial charge < -0.3 is 15.4 Å². The van der Waals surface area contributed by atoms with Crippen LogP contribution in [0.15, 0.2) is 65.6 Å². The van der Waals surface area contributed by atoms with Gasteiger partial charge in [-0.05, 0) is 30.4 Å². The highest BCUT2D eigenvalue weighted by Gasteiger charge is 2.35. The number of fused-ring (bicyclic) bond motifs is 1. The van der Waals surface area contributed by atoms with E-state index < -0.39 is 0 Å². The maximum Gasteiger partial charge on any atom is 0.255 e. The number of hydrogen-bond acceptors (Lipinski definition) is 3. The van der Waals surface area contributed by atoms with Gasteiger partial charge in [-0.2, -0.15) is 0 Å². The average Bonchev–Trinajstić information content (AvgIpc) is 2.65. The Morgan fingerprint density at radius 1 is 1.04 bits per heavy atom. The number of H-pyrrole nitrogens is 1. The molecular formula is C21H20N2O3. The molecule has 1 fully saturated rings. The van der Waals surface area contributed by atoms with Crippen LogP contribution < -0.4 is 10.9 Å². The summed E-state index contributed by atoms with van der Waals surface area (Å²) in [5.74, 6) is -0.0296. The second-order valence-electron chi connectivity index (χ2n) is 6.82. The van der Waals surface area contributed by atoms with Crippen LogP contribution in [0.2, 0.25) is 0 Å². The first kappa shape index (κ1) is 16.5. The molecule has 5 heteroatoms. The highest BCUT2D eigenvalue weighted by Crippen LogP contribution is 2.38. The lowest BCUT2D eigenvalue weighted by Crippen LogP contribution is -2.41. The quantitative estimate of drug-likeness (QED) is 0.678. The average molecular weight is 348 g/mol. The van der Waals surface area contributed by atoms with E-state index >= 15 is 0 Å². The molecule has 1 aliphatic carbocycles. The van der Waals surface area contributed by atoms with Crippen molar-refractivity contribution in [1.29, 1.82) is 0 Å². The molecule has 5 nitrogen and oxygen atoms in total. The van der Waals surface area contributed by atoms with Gasteiger partial charge >= 0.3 is 0 Å². The normalized spacial score (nSPS) is 20.3. The van der Waals surface area contributed by atoms with Crippen molar-refractivity contribution in [3.63, 3.8) is 0 Å². The molecule has 0 bridgehead atoms. The predicted octanol–water partition coefficient (Wildman–Crippen LogP) is 2.77. The molecule has 1 saturated carbocycles. The molecule has 0 radical (unpaired) electrons. The van der Waals surface area contributed by atoms with Crippen LogP contribution in [-0.2, 0) is 0 Å². The second-order valence-corrected chi connectivity index (χ2v) is 6.82. The van der Waals surface area contributed by atoms with Crippen LogP contribution in [-0.4, -0.2) is 22.1 Å². The number of carbonyl (C=O) groups is 1. The van der Waals surface area contributed by atoms with E-state index in [1.807, 2.05) is 36.4 Å². The third-order valence-electron chi connectivity index (χ3n) is 5.12. The van der Waals surface area contributed by atoms with Crippen LogP contribution in [0.4, 0.5) is 0 Å². The number of hydrogen-bond donors (Lipinski definition) is 3. The summed E-state index contributed by atoms with van der Waals surface area (Å²) in [6, 6.07) is 16.7. The molecule has 1 amide bonds. The van der Waals surface area contributed by atoms with E-state index in [2.05, 4.69) is 10.3 Å². The minimum atomic E-state index is -0.294. The summed E-state index contributed by atoms with van der Waals surface area (Å²) in [6.07, 6.45) is 2.52. The van der Waals surface area contributed by atoms with E-state index in [9.17, 15) is 14.7 Å². The van der Waals surface area contributed by atoms with Crippen LogP contribution in [0.5, 0.6) is 0 Å². The molecule has 0 saturated heterocycles. The third-order valence-corrected chi connectivity index (χ3v) is 5.12. The molecular weight excluding hydrogens is 328 g/mol. The number of aromatic amines is 1. The van der Waals surface area contributed by atoms with Gasteiger partial charge in [0.1, 0.15) is 0 Å². The minimum Gasteiger partial charge on any atom is -0.393 e. The first-order valence-electron chi connectivity index (χ1n) is 8.78. The Labute approximate surface area is 150 Å². The number of benzene rings is 2. The summed E-state index contributed by atoms with van der Waals surface area (Å²) in [5.41, 5.74) is 1.26. The monoisotopic (exact) mass is 348 g/mol. The number of pyridine rings is 1. The largest absolute Gasteiger partial charge is 0.393 e. The Kier molecular flexibility index (Phi) is 4.31. The fraction of sp³-hybridized carbons (Fsp3) is 0.238. The van der Waals surface area contributed by atoms with Crippen molar-refractivity contribution in [2.45, 2.75) is 25.0 Å². The van der Waals surface area contributed by atoms with Crippen molar-refractivity contribution in [3.05, 3.63) is 82.3 Å². The SMILES string of the molecule is O=C(N[C@@H](c1ccccc1)C1CC(O)C1)c1c[nH]c(=O)c2ccccc12. The molecule has 3 aromatic rings. The number of carbonyl (C=O) groups excluding carboxylic acids is 1. The summed E-state index contributed by atoms with van der Waals surface area (Å²) < 4.78 is 0. The van der Waals surface area contributed by atoms with E-state index in [4.69, 9.17) is 0 Å². The van der Waals surface area contributed by atoms with E-state index in [1.54, 1.807) is 18.2 Å². The lowest BCUT2D eigenvalue weighted by molar-refractivity contribution is 0.0235. The molecule has 0 aliphatic heterocycles. The standard InChI is InChI=1S/C21H20N2O3/c24-15-10-14(11-15)19(13-6-2-1-3-7-13)23-21(26)18-12-22-20(25)17-9-5-4-8-16(17)18/h1-9,12,14-15,19,24H,10-11H2,(H,22,25)(H,23,26)/t14?,15?,19-/m0/s1. The van der Waals surface area contributed by atoms with Gasteiger partial charge in [-0.3, -0.25) is 9.59 Å². The lowest BCUT2D eigenvalue weighted by atomic mass is 9.75. The van der Waals surface area contributed by atoms with Crippen molar-refractivity contribution in [3.8, 4) is 0 Å². The van der Waals surface area contributed by atoms with Crippen molar-refractivity contribution in [1.82, 2.24) is 10.3 Å². The smallest absolute Gasteiger partial charge is 0.255 e. The van der Waals surface area contributed by atoms with Gasteiger partial charge in [-0.15, -0.1) is 0 Å². The van der Waals surface area contributed by atoms with E-state index in [0.717, 1.165) is 5.56 Å². The van der Waals surface area contributed by atoms with Crippen molar-refractivity contribution in [2.24, 2.45) is 5.92 Å². The second kappa shape index (κ2) is 6.77. The number of aromatic nitrogens is 1. The Bertz CT molecular complexity index is 991. The first-order chi connectivity index (χ1) is 12.6. The van der Waals surface area contributed by atoms with Crippen LogP contribution in [0.1, 0.15) is 34.8 Å². The molecule has 2 aromatic carbocycles. The first-order valence-corrected chi connectivity index (χ1v) is 8.78. The lowest BCUT2D eigenvalue weighted by Gasteiger charge is -2.38. The van der Waals surface area contributed by atoms with Crippen molar-refractivity contribution in [2.75, 3.05) is 0 Å². The van der Waals surface area contributed by atoms with Crippen molar-refractivity contribution < 1.29 is 9.90 Å². The maximum atomic E-state index is 13.0. The number of aliphatic hydroxyl groups excluding tert-OH is 1. The fourth-order valence-corrected chi connectivity index (χ4v) is 3.65. The molecule has 1 aliphatic rings. The van der Waals surface area contributed by atoms with E-state index in [1.165, 1.54) is 6.20 Å². The molecule has 3 N–H and O–H groups in total. The van der Waals surface area contributed by atoms with E-state index in [0.29, 0.717) is 29.2 Å². The molecule has 4 rings (SSSR count). The van der Waals surface area contributed by atoms with Gasteiger partial charge in [0.2, 0.25) is 0 Å². The number of nitrogens with one attached hydrogen (secondary N) is 2. The zero-order valence-corrected chi connectivity index (χ0v) is 14.2. The third kappa shape index (κ3) is 3.02. The summed E-state index contributed by atoms with van der Waals surface area (Å²) >= 11 is 0. The van der Waals surface area contributed by atoms with Crippen molar-refractivity contribution >= 4 is 16.7 Å². The summed E-state index contributed by atoms with van der Waals surface area (Å²) in [5, 5.41) is 13.9. The Balaban J connectivity index is 1.67. The van der Waals surface area contributed by atoms with E-state index in [-0.39, 0.29) is 29.5 Å². The van der Waals surface area contributed by atoms with Gasteiger partial charge in [0.25, 0.3) is 11.5 Å². The van der Waals surface area contributed by atoms with Crippen LogP contribution in [0.25, 0.3) is 10.8 Å². The highest BCUT2D eigenvalue weighted by atomic mass is 16.3. The van der Waals surface area contributed by atoms with Gasteiger partial charge in [0.15, 0.2) is 0 Å². The molecule has 1 atom stereocenters. The topological polar surface area (TPSA) is 82.2 Å². The fourth-order valence-electron chi connectivity index (χ4n) is 3.65. The Hall–Kier alpha value is -2.92. The van der Waals surface area contributed by atoms with Gasteiger partial charge in [-0.1, -0.05) is 48.5 Å². The Morgan fingerprint density at radius 2 is 1.69 bits per heavy atom. The number of amides is 1. The van der Waals surface area contributed by atoms with Gasteiger partial charge in [-0.25, -0.2) is 0 Å². The summed E-state index contributed by atoms with van der Waals surface area (Å²) in [4.78, 5) is 27.6. The Morgan fingerprint density at radius 3 is 2.38 bits per heavy atom. The summed E-state index contributed by atoms with van der Waals surface area (Å²) in [6.45, 7) is 0. The highest BCUT2D eigenvalue weighted by molar-refractivity contribution is 6.06.